The second-order valence-electron chi connectivity index (χ2n) is 8.90. The van der Waals surface area contributed by atoms with Crippen molar-refractivity contribution >= 4 is 52.3 Å². The summed E-state index contributed by atoms with van der Waals surface area (Å²) in [5.74, 6) is 0.876. The van der Waals surface area contributed by atoms with E-state index >= 15 is 0 Å². The lowest BCUT2D eigenvalue weighted by Crippen LogP contribution is -3.00. The van der Waals surface area contributed by atoms with Gasteiger partial charge in [-0.25, -0.2) is 0 Å². The van der Waals surface area contributed by atoms with E-state index in [4.69, 9.17) is 4.74 Å². The van der Waals surface area contributed by atoms with Crippen LogP contribution in [0.4, 0.5) is 11.4 Å². The Balaban J connectivity index is 0.00000304. The third kappa shape index (κ3) is 5.11. The van der Waals surface area contributed by atoms with Gasteiger partial charge in [-0.3, -0.25) is 0 Å². The summed E-state index contributed by atoms with van der Waals surface area (Å²) in [6, 6.07) is 25.7. The van der Waals surface area contributed by atoms with E-state index in [1.807, 2.05) is 6.07 Å². The number of benzene rings is 3. The second kappa shape index (κ2) is 11.0. The molecule has 0 saturated heterocycles. The lowest BCUT2D eigenvalue weighted by molar-refractivity contribution is -0.646. The van der Waals surface area contributed by atoms with Crippen LogP contribution in [0.2, 0.25) is 0 Å². The Labute approximate surface area is 234 Å². The zero-order valence-corrected chi connectivity index (χ0v) is 24.2. The predicted octanol–water partition coefficient (Wildman–Crippen LogP) is 3.45. The largest absolute Gasteiger partial charge is 1.00 e. The van der Waals surface area contributed by atoms with E-state index in [1.165, 1.54) is 43.3 Å². The topological polar surface area (TPSA) is 19.6 Å². The highest BCUT2D eigenvalue weighted by atomic mass is 127. The first-order valence-corrected chi connectivity index (χ1v) is 12.4. The zero-order valence-electron chi connectivity index (χ0n) is 21.2. The summed E-state index contributed by atoms with van der Waals surface area (Å²) in [4.78, 5) is 5.60. The maximum Gasteiger partial charge on any atom is 0.213 e. The third-order valence-electron chi connectivity index (χ3n) is 6.47. The summed E-state index contributed by atoms with van der Waals surface area (Å²) in [5, 5.41) is 2.43. The molecular formula is C30H30IN3OS. The van der Waals surface area contributed by atoms with Crippen LogP contribution in [0.1, 0.15) is 16.8 Å². The lowest BCUT2D eigenvalue weighted by atomic mass is 10.1. The van der Waals surface area contributed by atoms with Gasteiger partial charge in [0, 0.05) is 56.0 Å². The molecule has 36 heavy (non-hydrogen) atoms. The van der Waals surface area contributed by atoms with E-state index in [9.17, 15) is 0 Å². The Hall–Kier alpha value is -2.97. The Bertz CT molecular complexity index is 1460. The van der Waals surface area contributed by atoms with Gasteiger partial charge in [-0.2, -0.15) is 4.57 Å². The van der Waals surface area contributed by atoms with Crippen molar-refractivity contribution in [1.82, 2.24) is 0 Å². The van der Waals surface area contributed by atoms with E-state index in [0.717, 1.165) is 11.4 Å². The fraction of sp³-hybridized carbons (Fsp3) is 0.167. The fourth-order valence-corrected chi connectivity index (χ4v) is 5.44. The van der Waals surface area contributed by atoms with Gasteiger partial charge in [0.25, 0.3) is 0 Å². The molecule has 0 aliphatic carbocycles. The quantitative estimate of drug-likeness (QED) is 0.256. The average Bonchev–Trinajstić information content (AvgIpc) is 3.19. The Morgan fingerprint density at radius 1 is 0.944 bits per heavy atom. The molecule has 184 valence electrons. The van der Waals surface area contributed by atoms with Gasteiger partial charge in [0.15, 0.2) is 0 Å². The van der Waals surface area contributed by atoms with Crippen molar-refractivity contribution in [3.05, 3.63) is 94.6 Å². The van der Waals surface area contributed by atoms with E-state index in [1.54, 1.807) is 18.9 Å². The molecule has 0 N–H and O–H groups in total. The number of para-hydroxylation sites is 1. The molecule has 0 amide bonds. The Morgan fingerprint density at radius 3 is 2.42 bits per heavy atom. The van der Waals surface area contributed by atoms with Crippen LogP contribution in [-0.4, -0.2) is 28.3 Å². The minimum absolute atomic E-state index is 0. The van der Waals surface area contributed by atoms with Gasteiger partial charge < -0.3 is 38.5 Å². The molecular weight excluding hydrogens is 577 g/mol. The van der Waals surface area contributed by atoms with Crippen molar-refractivity contribution in [3.63, 3.8) is 0 Å². The smallest absolute Gasteiger partial charge is 0.213 e. The number of aromatic nitrogens is 1. The SMILES string of the molecule is COc1ccc2c(c1)N(C)/C(=C/c1cc(/C=C/c3ccc(N(C)C)cc3)[n+](C)c3ccccc13)S2.[I-]. The minimum Gasteiger partial charge on any atom is -1.00 e. The Morgan fingerprint density at radius 2 is 1.69 bits per heavy atom. The standard InChI is InChI=1S/C30H30N3OS.HI/c1-31(2)23-13-10-21(11-14-23)12-15-24-18-22(26-8-6-7-9-27(26)32(24)3)19-30-33(4)28-20-25(34-5)16-17-29(28)35-30;/h6-20H,1-5H3;1H/q+1;/p-1. The van der Waals surface area contributed by atoms with Gasteiger partial charge in [0.05, 0.1) is 23.2 Å². The molecule has 5 rings (SSSR count). The molecule has 2 heterocycles. The maximum absolute atomic E-state index is 5.44. The van der Waals surface area contributed by atoms with Crippen LogP contribution in [0.3, 0.4) is 0 Å². The average molecular weight is 608 g/mol. The van der Waals surface area contributed by atoms with E-state index in [2.05, 4.69) is 128 Å². The molecule has 0 unspecified atom stereocenters. The van der Waals surface area contributed by atoms with Crippen molar-refractivity contribution in [2.24, 2.45) is 7.05 Å². The van der Waals surface area contributed by atoms with Crippen LogP contribution in [0, 0.1) is 0 Å². The molecule has 0 saturated carbocycles. The molecule has 4 nitrogen and oxygen atoms in total. The third-order valence-corrected chi connectivity index (χ3v) is 7.64. The molecule has 6 heteroatoms. The van der Waals surface area contributed by atoms with Gasteiger partial charge in [0.1, 0.15) is 12.8 Å². The van der Waals surface area contributed by atoms with Gasteiger partial charge in [0.2, 0.25) is 11.2 Å². The van der Waals surface area contributed by atoms with Crippen molar-refractivity contribution in [1.29, 1.82) is 0 Å². The number of anilines is 2. The van der Waals surface area contributed by atoms with Crippen molar-refractivity contribution in [2.45, 2.75) is 4.90 Å². The molecule has 0 fully saturated rings. The number of halogens is 1. The van der Waals surface area contributed by atoms with Crippen LogP contribution in [-0.2, 0) is 7.05 Å². The number of nitrogens with zero attached hydrogens (tertiary/aromatic N) is 3. The van der Waals surface area contributed by atoms with Crippen LogP contribution in [0.5, 0.6) is 5.75 Å². The van der Waals surface area contributed by atoms with Gasteiger partial charge in [-0.1, -0.05) is 36.0 Å². The second-order valence-corrected chi connectivity index (χ2v) is 9.96. The number of fused-ring (bicyclic) bond motifs is 2. The number of thioether (sulfide) groups is 1. The minimum atomic E-state index is 0. The van der Waals surface area contributed by atoms with Gasteiger partial charge >= 0.3 is 0 Å². The number of hydrogen-bond acceptors (Lipinski definition) is 4. The highest BCUT2D eigenvalue weighted by Crippen LogP contribution is 2.47. The van der Waals surface area contributed by atoms with Gasteiger partial charge in [-0.15, -0.1) is 0 Å². The van der Waals surface area contributed by atoms with Crippen LogP contribution in [0.15, 0.2) is 82.7 Å². The molecule has 0 radical (unpaired) electrons. The summed E-state index contributed by atoms with van der Waals surface area (Å²) < 4.78 is 7.70. The number of pyridine rings is 1. The predicted molar refractivity (Wildman–Crippen MR) is 150 cm³/mol. The lowest BCUT2D eigenvalue weighted by Gasteiger charge is -2.14. The number of aryl methyl sites for hydroxylation is 1. The molecule has 1 aliphatic heterocycles. The zero-order chi connectivity index (χ0) is 24.5. The van der Waals surface area contributed by atoms with Crippen molar-refractivity contribution in [2.75, 3.05) is 38.1 Å². The highest BCUT2D eigenvalue weighted by molar-refractivity contribution is 8.03. The highest BCUT2D eigenvalue weighted by Gasteiger charge is 2.23. The van der Waals surface area contributed by atoms with Crippen molar-refractivity contribution < 1.29 is 33.3 Å². The van der Waals surface area contributed by atoms with E-state index < -0.39 is 0 Å². The number of methoxy groups -OCH3 is 1. The van der Waals surface area contributed by atoms with Crippen LogP contribution >= 0.6 is 11.8 Å². The van der Waals surface area contributed by atoms with Crippen molar-refractivity contribution in [3.8, 4) is 5.75 Å². The normalized spacial score (nSPS) is 13.8. The summed E-state index contributed by atoms with van der Waals surface area (Å²) in [7, 11) is 10.1. The number of hydrogen-bond donors (Lipinski definition) is 0. The molecule has 0 atom stereocenters. The monoisotopic (exact) mass is 607 g/mol. The van der Waals surface area contributed by atoms with Crippen LogP contribution in [0.25, 0.3) is 29.1 Å². The first-order valence-electron chi connectivity index (χ1n) is 11.6. The molecule has 3 aromatic carbocycles. The van der Waals surface area contributed by atoms with E-state index in [-0.39, 0.29) is 24.0 Å². The summed E-state index contributed by atoms with van der Waals surface area (Å²) in [6.07, 6.45) is 6.67. The number of rotatable bonds is 5. The molecule has 0 bridgehead atoms. The molecule has 1 aromatic heterocycles. The first-order chi connectivity index (χ1) is 16.9. The summed E-state index contributed by atoms with van der Waals surface area (Å²) in [5.41, 5.74) is 7.11. The summed E-state index contributed by atoms with van der Waals surface area (Å²) >= 11 is 1.79. The molecule has 4 aromatic rings. The molecule has 1 aliphatic rings. The Kier molecular flexibility index (Phi) is 7.95. The number of ether oxygens (including phenoxy) is 1. The van der Waals surface area contributed by atoms with Gasteiger partial charge in [-0.05, 0) is 53.6 Å². The first kappa shape index (κ1) is 26.1. The van der Waals surface area contributed by atoms with Crippen LogP contribution < -0.4 is 43.1 Å². The maximum atomic E-state index is 5.44. The van der Waals surface area contributed by atoms with E-state index in [0.29, 0.717) is 0 Å². The summed E-state index contributed by atoms with van der Waals surface area (Å²) in [6.45, 7) is 0. The fourth-order valence-electron chi connectivity index (χ4n) is 4.36. The molecule has 0 spiro atoms.